The maximum absolute atomic E-state index is 14.7. The van der Waals surface area contributed by atoms with Crippen LogP contribution in [0.1, 0.15) is 72.6 Å². The van der Waals surface area contributed by atoms with Crippen molar-refractivity contribution in [2.45, 2.75) is 83.4 Å². The Labute approximate surface area is 285 Å². The first kappa shape index (κ1) is 38.3. The van der Waals surface area contributed by atoms with Gasteiger partial charge in [0, 0.05) is 14.0 Å². The van der Waals surface area contributed by atoms with Gasteiger partial charge in [0.1, 0.15) is 13.2 Å². The molecular weight excluding hydrogens is 651 g/mol. The van der Waals surface area contributed by atoms with Crippen LogP contribution >= 0.6 is 0 Å². The van der Waals surface area contributed by atoms with Gasteiger partial charge >= 0.3 is 5.97 Å². The monoisotopic (exact) mass is 697 g/mol. The van der Waals surface area contributed by atoms with E-state index in [4.69, 9.17) is 9.47 Å². The van der Waals surface area contributed by atoms with Gasteiger partial charge in [-0.25, -0.2) is 4.68 Å². The first-order valence-electron chi connectivity index (χ1n) is 15.2. The van der Waals surface area contributed by atoms with Crippen LogP contribution in [0.3, 0.4) is 0 Å². The molecule has 0 N–H and O–H groups in total. The van der Waals surface area contributed by atoms with Crippen molar-refractivity contribution >= 4 is 31.8 Å². The van der Waals surface area contributed by atoms with Gasteiger partial charge in [0.15, 0.2) is 5.82 Å². The fourth-order valence-electron chi connectivity index (χ4n) is 4.90. The Kier molecular flexibility index (Phi) is 11.3. The van der Waals surface area contributed by atoms with E-state index in [-0.39, 0.29) is 58.5 Å². The van der Waals surface area contributed by atoms with Gasteiger partial charge in [0.25, 0.3) is 20.0 Å². The molecule has 0 saturated carbocycles. The van der Waals surface area contributed by atoms with Crippen LogP contribution in [0.4, 0.5) is 5.82 Å². The zero-order valence-electron chi connectivity index (χ0n) is 28.4. The van der Waals surface area contributed by atoms with E-state index in [9.17, 15) is 21.6 Å². The second-order valence-electron chi connectivity index (χ2n) is 13.4. The molecule has 0 fully saturated rings. The lowest BCUT2D eigenvalue weighted by molar-refractivity contribution is -0.141. The van der Waals surface area contributed by atoms with E-state index in [0.717, 1.165) is 16.7 Å². The third kappa shape index (κ3) is 8.10. The average Bonchev–Trinajstić information content (AvgIpc) is 3.29. The summed E-state index contributed by atoms with van der Waals surface area (Å²) in [4.78, 5) is 10.9. The summed E-state index contributed by atoms with van der Waals surface area (Å²) < 4.78 is 71.3. The van der Waals surface area contributed by atoms with Crippen molar-refractivity contribution in [1.29, 1.82) is 0 Å². The van der Waals surface area contributed by atoms with E-state index < -0.39 is 26.0 Å². The summed E-state index contributed by atoms with van der Waals surface area (Å²) in [6.07, 6.45) is 0. The lowest BCUT2D eigenvalue weighted by Crippen LogP contribution is -2.38. The van der Waals surface area contributed by atoms with Gasteiger partial charge in [-0.1, -0.05) is 103 Å². The Hall–Kier alpha value is -4.16. The zero-order valence-corrected chi connectivity index (χ0v) is 30.0. The third-order valence-corrected chi connectivity index (χ3v) is 11.7. The Bertz CT molecular complexity index is 1860. The summed E-state index contributed by atoms with van der Waals surface area (Å²) >= 11 is 0. The quantitative estimate of drug-likeness (QED) is 0.126. The number of hydrogen-bond acceptors (Lipinski definition) is 8. The summed E-state index contributed by atoms with van der Waals surface area (Å²) in [6, 6.07) is 19.5. The molecule has 0 aliphatic carbocycles. The standard InChI is InChI=1S/C35H43N3O7S2.CH4/c1-24-10-12-26(13-11-24)31-32(45-23-22-44-25(2)39)36-37(9)33(31)38(46(40,41)29-18-14-27(15-19-29)34(3,4)5)47(42,43)30-20-16-28(17-21-30)35(6,7)8;/h10-21H,22-23H2,1-9H3;1H4. The molecule has 0 unspecified atom stereocenters. The Morgan fingerprint density at radius 2 is 1.19 bits per heavy atom. The number of esters is 1. The highest BCUT2D eigenvalue weighted by Gasteiger charge is 2.42. The number of sulfonamides is 2. The van der Waals surface area contributed by atoms with Gasteiger partial charge in [0.05, 0.1) is 15.4 Å². The maximum atomic E-state index is 14.7. The SMILES string of the molecule is C.CC(=O)OCCOc1nn(C)c(N(S(=O)(=O)c2ccc(C(C)(C)C)cc2)S(=O)(=O)c2ccc(C(C)(C)C)cc2)c1-c1ccc(C)cc1. The Morgan fingerprint density at radius 1 is 0.750 bits per heavy atom. The molecule has 0 aliphatic heterocycles. The molecule has 4 rings (SSSR count). The number of aryl methyl sites for hydroxylation is 2. The van der Waals surface area contributed by atoms with Gasteiger partial charge in [-0.15, -0.1) is 8.81 Å². The topological polar surface area (TPSA) is 125 Å². The fraction of sp³-hybridized carbons (Fsp3) is 0.389. The lowest BCUT2D eigenvalue weighted by atomic mass is 9.87. The van der Waals surface area contributed by atoms with Crippen LogP contribution in [0.5, 0.6) is 5.88 Å². The highest BCUT2D eigenvalue weighted by Crippen LogP contribution is 2.43. The van der Waals surface area contributed by atoms with Crippen LogP contribution in [0.2, 0.25) is 0 Å². The molecule has 12 heteroatoms. The number of rotatable bonds is 10. The molecule has 1 heterocycles. The molecule has 260 valence electrons. The number of benzene rings is 3. The molecule has 4 aromatic rings. The van der Waals surface area contributed by atoms with Crippen molar-refractivity contribution in [2.75, 3.05) is 16.9 Å². The smallest absolute Gasteiger partial charge is 0.302 e. The first-order valence-corrected chi connectivity index (χ1v) is 18.0. The summed E-state index contributed by atoms with van der Waals surface area (Å²) in [6.45, 7) is 15.0. The van der Waals surface area contributed by atoms with E-state index in [2.05, 4.69) is 5.10 Å². The van der Waals surface area contributed by atoms with Crippen LogP contribution in [-0.4, -0.2) is 45.8 Å². The molecule has 1 aromatic heterocycles. The number of anilines is 1. The number of aromatic nitrogens is 2. The predicted molar refractivity (Wildman–Crippen MR) is 189 cm³/mol. The molecule has 0 amide bonds. The van der Waals surface area contributed by atoms with Crippen LogP contribution < -0.4 is 8.45 Å². The molecule has 48 heavy (non-hydrogen) atoms. The van der Waals surface area contributed by atoms with Crippen molar-refractivity contribution in [2.24, 2.45) is 7.05 Å². The summed E-state index contributed by atoms with van der Waals surface area (Å²) in [7, 11) is -8.12. The summed E-state index contributed by atoms with van der Waals surface area (Å²) in [5.74, 6) is -0.761. The van der Waals surface area contributed by atoms with Crippen LogP contribution in [0, 0.1) is 6.92 Å². The minimum Gasteiger partial charge on any atom is -0.472 e. The highest BCUT2D eigenvalue weighted by molar-refractivity contribution is 8.10. The molecule has 0 radical (unpaired) electrons. The van der Waals surface area contributed by atoms with E-state index in [1.165, 1.54) is 42.9 Å². The van der Waals surface area contributed by atoms with Crippen LogP contribution in [0.25, 0.3) is 11.1 Å². The van der Waals surface area contributed by atoms with Gasteiger partial charge in [-0.05, 0) is 58.7 Å². The van der Waals surface area contributed by atoms with Crippen molar-refractivity contribution in [1.82, 2.24) is 9.78 Å². The minimum absolute atomic E-state index is 0. The first-order chi connectivity index (χ1) is 21.7. The number of carbonyl (C=O) groups is 1. The summed E-state index contributed by atoms with van der Waals surface area (Å²) in [5.41, 5.74) is 2.79. The molecular formula is C36H47N3O7S2. The fourth-order valence-corrected chi connectivity index (χ4v) is 8.67. The normalized spacial score (nSPS) is 12.3. The summed E-state index contributed by atoms with van der Waals surface area (Å²) in [5, 5.41) is 4.44. The lowest BCUT2D eigenvalue weighted by Gasteiger charge is -2.26. The number of nitrogens with zero attached hydrogens (tertiary/aromatic N) is 3. The Morgan fingerprint density at radius 3 is 1.58 bits per heavy atom. The van der Waals surface area contributed by atoms with Crippen molar-refractivity contribution in [3.8, 4) is 17.0 Å². The average molecular weight is 698 g/mol. The van der Waals surface area contributed by atoms with E-state index in [1.54, 1.807) is 36.4 Å². The second kappa shape index (κ2) is 14.1. The highest BCUT2D eigenvalue weighted by atomic mass is 32.3. The van der Waals surface area contributed by atoms with Gasteiger partial charge in [-0.3, -0.25) is 4.79 Å². The third-order valence-electron chi connectivity index (χ3n) is 7.60. The molecule has 0 bridgehead atoms. The van der Waals surface area contributed by atoms with E-state index >= 15 is 0 Å². The number of hydrogen-bond donors (Lipinski definition) is 0. The van der Waals surface area contributed by atoms with E-state index in [0.29, 0.717) is 9.27 Å². The van der Waals surface area contributed by atoms with Crippen molar-refractivity contribution < 1.29 is 31.1 Å². The Balaban J connectivity index is 0.00000625. The van der Waals surface area contributed by atoms with Gasteiger partial charge < -0.3 is 9.47 Å². The van der Waals surface area contributed by atoms with Crippen molar-refractivity contribution in [3.05, 3.63) is 89.5 Å². The maximum Gasteiger partial charge on any atom is 0.302 e. The largest absolute Gasteiger partial charge is 0.472 e. The molecule has 3 aromatic carbocycles. The van der Waals surface area contributed by atoms with Crippen LogP contribution in [0.15, 0.2) is 82.6 Å². The predicted octanol–water partition coefficient (Wildman–Crippen LogP) is 7.15. The second-order valence-corrected chi connectivity index (χ2v) is 17.2. The van der Waals surface area contributed by atoms with Gasteiger partial charge in [0.2, 0.25) is 5.88 Å². The van der Waals surface area contributed by atoms with Gasteiger partial charge in [-0.2, -0.15) is 16.8 Å². The molecule has 0 aliphatic rings. The number of carbonyl (C=O) groups excluding carboxylic acids is 1. The number of ether oxygens (including phenoxy) is 2. The van der Waals surface area contributed by atoms with Crippen LogP contribution in [-0.2, 0) is 47.5 Å². The molecule has 10 nitrogen and oxygen atoms in total. The minimum atomic E-state index is -4.79. The molecule has 0 saturated heterocycles. The van der Waals surface area contributed by atoms with E-state index in [1.807, 2.05) is 60.6 Å². The van der Waals surface area contributed by atoms with Crippen molar-refractivity contribution in [3.63, 3.8) is 0 Å². The molecule has 0 spiro atoms. The molecule has 0 atom stereocenters. The zero-order chi connectivity index (χ0) is 34.9.